The van der Waals surface area contributed by atoms with E-state index in [-0.39, 0.29) is 5.75 Å². The van der Waals surface area contributed by atoms with Crippen molar-refractivity contribution in [3.63, 3.8) is 0 Å². The highest BCUT2D eigenvalue weighted by molar-refractivity contribution is 5.85. The summed E-state index contributed by atoms with van der Waals surface area (Å²) in [4.78, 5) is 7.59. The molecule has 0 radical (unpaired) electrons. The fraction of sp³-hybridized carbons (Fsp3) is 0. The van der Waals surface area contributed by atoms with Crippen LogP contribution in [-0.4, -0.2) is 19.6 Å². The quantitative estimate of drug-likeness (QED) is 0.544. The van der Waals surface area contributed by atoms with Crippen LogP contribution in [0.1, 0.15) is 0 Å². The number of nitrogens with zero attached hydrogens (tertiary/aromatic N) is 2. The number of rotatable bonds is 1. The Morgan fingerprint density at radius 2 is 2.00 bits per heavy atom. The third-order valence-electron chi connectivity index (χ3n) is 3.31. The first-order valence-electron chi connectivity index (χ1n) is 6.05. The Hall–Kier alpha value is -2.75. The number of pyridine rings is 1. The molecule has 3 heterocycles. The van der Waals surface area contributed by atoms with Crippen LogP contribution in [0.25, 0.3) is 27.8 Å². The van der Waals surface area contributed by atoms with Gasteiger partial charge in [-0.3, -0.25) is 0 Å². The van der Waals surface area contributed by atoms with Crippen LogP contribution in [-0.2, 0) is 0 Å². The summed E-state index contributed by atoms with van der Waals surface area (Å²) in [5.41, 5.74) is 1.92. The Morgan fingerprint density at radius 3 is 2.89 bits per heavy atom. The number of hydrogen-bond acceptors (Lipinski definition) is 2. The zero-order valence-electron chi connectivity index (χ0n) is 10.0. The minimum atomic E-state index is 0.281. The molecule has 0 atom stereocenters. The van der Waals surface area contributed by atoms with Gasteiger partial charge in [-0.05, 0) is 42.5 Å². The molecule has 0 saturated carbocycles. The molecule has 4 rings (SSSR count). The smallest absolute Gasteiger partial charge is 0.138 e. The van der Waals surface area contributed by atoms with E-state index in [1.807, 2.05) is 30.5 Å². The van der Waals surface area contributed by atoms with E-state index in [4.69, 9.17) is 0 Å². The van der Waals surface area contributed by atoms with Crippen molar-refractivity contribution in [2.75, 3.05) is 0 Å². The van der Waals surface area contributed by atoms with Gasteiger partial charge in [-0.1, -0.05) is 0 Å². The van der Waals surface area contributed by atoms with Crippen molar-refractivity contribution >= 4 is 21.9 Å². The maximum atomic E-state index is 9.50. The van der Waals surface area contributed by atoms with E-state index in [0.29, 0.717) is 0 Å². The zero-order chi connectivity index (χ0) is 12.8. The Kier molecular flexibility index (Phi) is 1.94. The minimum Gasteiger partial charge on any atom is -0.508 e. The van der Waals surface area contributed by atoms with Gasteiger partial charge in [-0.2, -0.15) is 0 Å². The fourth-order valence-corrected chi connectivity index (χ4v) is 2.41. The van der Waals surface area contributed by atoms with Crippen LogP contribution >= 0.6 is 0 Å². The molecule has 0 saturated heterocycles. The van der Waals surface area contributed by atoms with E-state index in [0.717, 1.165) is 27.8 Å². The third-order valence-corrected chi connectivity index (χ3v) is 3.31. The maximum absolute atomic E-state index is 9.50. The number of aromatic hydroxyl groups is 1. The highest BCUT2D eigenvalue weighted by Crippen LogP contribution is 2.25. The lowest BCUT2D eigenvalue weighted by Gasteiger charge is -2.01. The highest BCUT2D eigenvalue weighted by Gasteiger charge is 2.07. The van der Waals surface area contributed by atoms with Crippen LogP contribution in [0.15, 0.2) is 54.9 Å². The summed E-state index contributed by atoms with van der Waals surface area (Å²) in [5.74, 6) is 1.25. The summed E-state index contributed by atoms with van der Waals surface area (Å²) in [6.45, 7) is 0. The molecule has 1 aromatic carbocycles. The Balaban J connectivity index is 1.98. The molecule has 0 aliphatic carbocycles. The van der Waals surface area contributed by atoms with Gasteiger partial charge in [0.25, 0.3) is 0 Å². The van der Waals surface area contributed by atoms with Gasteiger partial charge < -0.3 is 14.7 Å². The Bertz CT molecular complexity index is 856. The third kappa shape index (κ3) is 1.50. The highest BCUT2D eigenvalue weighted by atomic mass is 16.3. The van der Waals surface area contributed by atoms with Gasteiger partial charge in [-0.25, -0.2) is 4.98 Å². The Morgan fingerprint density at radius 1 is 1.05 bits per heavy atom. The average Bonchev–Trinajstić information content (AvgIpc) is 3.00. The maximum Gasteiger partial charge on any atom is 0.138 e. The summed E-state index contributed by atoms with van der Waals surface area (Å²) in [6.07, 6.45) is 3.75. The first-order chi connectivity index (χ1) is 9.31. The van der Waals surface area contributed by atoms with Crippen molar-refractivity contribution in [3.8, 4) is 11.6 Å². The molecule has 0 amide bonds. The minimum absolute atomic E-state index is 0.281. The monoisotopic (exact) mass is 249 g/mol. The second-order valence-corrected chi connectivity index (χ2v) is 4.52. The number of aromatic nitrogens is 3. The predicted molar refractivity (Wildman–Crippen MR) is 74.6 cm³/mol. The molecule has 0 spiro atoms. The van der Waals surface area contributed by atoms with E-state index in [1.165, 1.54) is 0 Å². The van der Waals surface area contributed by atoms with Crippen LogP contribution in [0.5, 0.6) is 5.75 Å². The summed E-state index contributed by atoms with van der Waals surface area (Å²) in [7, 11) is 0. The van der Waals surface area contributed by atoms with Crippen LogP contribution in [0, 0.1) is 0 Å². The molecule has 0 fully saturated rings. The van der Waals surface area contributed by atoms with Gasteiger partial charge in [0.15, 0.2) is 0 Å². The van der Waals surface area contributed by atoms with Crippen molar-refractivity contribution < 1.29 is 5.11 Å². The molecule has 0 unspecified atom stereocenters. The Labute approximate surface area is 108 Å². The number of fused-ring (bicyclic) bond motifs is 2. The van der Waals surface area contributed by atoms with Gasteiger partial charge in [0.05, 0.1) is 5.52 Å². The first kappa shape index (κ1) is 10.2. The predicted octanol–water partition coefficient (Wildman–Crippen LogP) is 3.21. The van der Waals surface area contributed by atoms with Gasteiger partial charge in [-0.15, -0.1) is 0 Å². The second-order valence-electron chi connectivity index (χ2n) is 4.52. The van der Waals surface area contributed by atoms with Crippen LogP contribution < -0.4 is 0 Å². The lowest BCUT2D eigenvalue weighted by Crippen LogP contribution is -1.91. The van der Waals surface area contributed by atoms with Gasteiger partial charge >= 0.3 is 0 Å². The molecule has 19 heavy (non-hydrogen) atoms. The molecular formula is C15H11N3O. The molecule has 4 aromatic rings. The average molecular weight is 249 g/mol. The lowest BCUT2D eigenvalue weighted by molar-refractivity contribution is 0.476. The van der Waals surface area contributed by atoms with Crippen molar-refractivity contribution in [3.05, 3.63) is 54.9 Å². The second kappa shape index (κ2) is 3.62. The normalized spacial score (nSPS) is 11.4. The van der Waals surface area contributed by atoms with Crippen molar-refractivity contribution in [2.24, 2.45) is 0 Å². The molecule has 0 aliphatic heterocycles. The topological polar surface area (TPSA) is 53.8 Å². The number of benzene rings is 1. The molecule has 4 heteroatoms. The van der Waals surface area contributed by atoms with E-state index in [1.54, 1.807) is 18.3 Å². The molecule has 92 valence electrons. The van der Waals surface area contributed by atoms with E-state index >= 15 is 0 Å². The fourth-order valence-electron chi connectivity index (χ4n) is 2.41. The molecule has 4 nitrogen and oxygen atoms in total. The van der Waals surface area contributed by atoms with Gasteiger partial charge in [0.2, 0.25) is 0 Å². The standard InChI is InChI=1S/C15H11N3O/c19-12-3-4-13-10(8-12)5-7-18(13)14-9-11-2-1-6-16-15(11)17-14/h1-9,19H,(H,16,17). The largest absolute Gasteiger partial charge is 0.508 e. The van der Waals surface area contributed by atoms with Crippen molar-refractivity contribution in [1.82, 2.24) is 14.5 Å². The SMILES string of the molecule is Oc1ccc2c(ccn2-c2cc3cccnc3[nH]2)c1. The molecule has 0 aliphatic rings. The molecule has 3 aromatic heterocycles. The number of phenolic OH excluding ortho intramolecular Hbond substituents is 1. The number of H-pyrrole nitrogens is 1. The first-order valence-corrected chi connectivity index (χ1v) is 6.05. The number of phenols is 1. The summed E-state index contributed by atoms with van der Waals surface area (Å²) < 4.78 is 2.05. The summed E-state index contributed by atoms with van der Waals surface area (Å²) in [5, 5.41) is 11.6. The van der Waals surface area contributed by atoms with Crippen LogP contribution in [0.2, 0.25) is 0 Å². The van der Waals surface area contributed by atoms with Crippen LogP contribution in [0.3, 0.4) is 0 Å². The van der Waals surface area contributed by atoms with E-state index < -0.39 is 0 Å². The molecule has 0 bridgehead atoms. The number of nitrogens with one attached hydrogen (secondary N) is 1. The van der Waals surface area contributed by atoms with Crippen molar-refractivity contribution in [2.45, 2.75) is 0 Å². The van der Waals surface area contributed by atoms with Crippen molar-refractivity contribution in [1.29, 1.82) is 0 Å². The van der Waals surface area contributed by atoms with Gasteiger partial charge in [0.1, 0.15) is 17.2 Å². The zero-order valence-corrected chi connectivity index (χ0v) is 10.0. The van der Waals surface area contributed by atoms with Crippen LogP contribution in [0.4, 0.5) is 0 Å². The molecular weight excluding hydrogens is 238 g/mol. The number of hydrogen-bond donors (Lipinski definition) is 2. The summed E-state index contributed by atoms with van der Waals surface area (Å²) >= 11 is 0. The van der Waals surface area contributed by atoms with E-state index in [9.17, 15) is 5.11 Å². The number of aromatic amines is 1. The molecule has 2 N–H and O–H groups in total. The summed E-state index contributed by atoms with van der Waals surface area (Å²) in [6, 6.07) is 13.4. The van der Waals surface area contributed by atoms with E-state index in [2.05, 4.69) is 20.6 Å². The lowest BCUT2D eigenvalue weighted by atomic mass is 10.2. The van der Waals surface area contributed by atoms with Gasteiger partial charge in [0, 0.05) is 23.2 Å².